The Morgan fingerprint density at radius 3 is 1.90 bits per heavy atom. The van der Waals surface area contributed by atoms with Crippen molar-refractivity contribution in [3.05, 3.63) is 12.2 Å². The molecule has 124 valence electrons. The van der Waals surface area contributed by atoms with Crippen LogP contribution in [0.2, 0.25) is 0 Å². The number of allylic oxidation sites excluding steroid dienone is 1. The van der Waals surface area contributed by atoms with Gasteiger partial charge in [-0.2, -0.15) is 0 Å². The van der Waals surface area contributed by atoms with Crippen LogP contribution in [0.4, 0.5) is 0 Å². The van der Waals surface area contributed by atoms with E-state index in [1.165, 1.54) is 44.9 Å². The molecule has 0 spiro atoms. The first-order valence-electron chi connectivity index (χ1n) is 7.72. The van der Waals surface area contributed by atoms with E-state index >= 15 is 0 Å². The molecule has 0 N–H and O–H groups in total. The molecule has 0 aromatic rings. The van der Waals surface area contributed by atoms with Gasteiger partial charge in [0.05, 0.1) is 6.61 Å². The number of rotatable bonds is 14. The first-order valence-corrected chi connectivity index (χ1v) is 7.72. The zero-order valence-electron chi connectivity index (χ0n) is 13.9. The fourth-order valence-electron chi connectivity index (χ4n) is 1.77. The molecule has 0 saturated carbocycles. The molecule has 0 rings (SSSR count). The molecule has 0 aromatic heterocycles. The van der Waals surface area contributed by atoms with Gasteiger partial charge in [0.15, 0.2) is 0 Å². The maximum Gasteiger partial charge on any atom is 2.00 e. The van der Waals surface area contributed by atoms with Crippen LogP contribution >= 0.6 is 0 Å². The molecule has 0 bridgehead atoms. The molecule has 0 aromatic carbocycles. The quantitative estimate of drug-likeness (QED) is 0.0909. The largest absolute Gasteiger partial charge is 2.00 e. The molecule has 0 fully saturated rings. The van der Waals surface area contributed by atoms with Crippen molar-refractivity contribution in [3.63, 3.8) is 0 Å². The van der Waals surface area contributed by atoms with Gasteiger partial charge in [-0.15, -0.1) is 0 Å². The van der Waals surface area contributed by atoms with Crippen LogP contribution in [0.3, 0.4) is 0 Å². The van der Waals surface area contributed by atoms with Crippen LogP contribution in [0.1, 0.15) is 71.6 Å². The van der Waals surface area contributed by atoms with Gasteiger partial charge < -0.3 is 57.4 Å². The van der Waals surface area contributed by atoms with Crippen LogP contribution in [0.15, 0.2) is 12.2 Å². The zero-order valence-corrected chi connectivity index (χ0v) is 19.6. The van der Waals surface area contributed by atoms with E-state index in [4.69, 9.17) is 9.47 Å². The van der Waals surface area contributed by atoms with Gasteiger partial charge >= 0.3 is 23.1 Å². The number of unbranched alkanes of at least 4 members (excludes halogenated alkanes) is 6. The molecule has 0 aliphatic rings. The topological polar surface area (TPSA) is 18.5 Å². The van der Waals surface area contributed by atoms with Crippen LogP contribution in [0, 0.1) is 0 Å². The SMILES string of the molecule is CC/C=C\CCOCOCCCCCCCCC.[I-].[I-].[Mg+2]. The van der Waals surface area contributed by atoms with Crippen molar-refractivity contribution in [1.82, 2.24) is 0 Å². The second kappa shape index (κ2) is 29.8. The summed E-state index contributed by atoms with van der Waals surface area (Å²) < 4.78 is 10.8. The molecule has 0 heterocycles. The summed E-state index contributed by atoms with van der Waals surface area (Å²) >= 11 is 0. The van der Waals surface area contributed by atoms with E-state index in [2.05, 4.69) is 26.0 Å². The van der Waals surface area contributed by atoms with Crippen LogP contribution in [0.5, 0.6) is 0 Å². The zero-order chi connectivity index (χ0) is 13.3. The van der Waals surface area contributed by atoms with E-state index in [1.54, 1.807) is 0 Å². The van der Waals surface area contributed by atoms with Crippen molar-refractivity contribution in [2.45, 2.75) is 71.6 Å². The summed E-state index contributed by atoms with van der Waals surface area (Å²) in [6, 6.07) is 0. The summed E-state index contributed by atoms with van der Waals surface area (Å²) in [5.41, 5.74) is 0. The Morgan fingerprint density at radius 2 is 1.29 bits per heavy atom. The summed E-state index contributed by atoms with van der Waals surface area (Å²) in [5.74, 6) is 0. The van der Waals surface area contributed by atoms with Gasteiger partial charge in [-0.05, 0) is 19.3 Å². The molecule has 2 nitrogen and oxygen atoms in total. The van der Waals surface area contributed by atoms with Crippen LogP contribution in [-0.2, 0) is 9.47 Å². The molecular weight excluding hydrogens is 502 g/mol. The third-order valence-corrected chi connectivity index (χ3v) is 2.89. The van der Waals surface area contributed by atoms with Crippen molar-refractivity contribution in [2.75, 3.05) is 20.0 Å². The Kier molecular flexibility index (Phi) is 43.7. The Morgan fingerprint density at radius 1 is 0.714 bits per heavy atom. The third kappa shape index (κ3) is 30.4. The number of halogens is 2. The average Bonchev–Trinajstić information content (AvgIpc) is 2.39. The maximum atomic E-state index is 5.42. The number of hydrogen-bond donors (Lipinski definition) is 0. The van der Waals surface area contributed by atoms with Gasteiger partial charge in [-0.25, -0.2) is 0 Å². The average molecular weight is 535 g/mol. The van der Waals surface area contributed by atoms with Crippen LogP contribution in [0.25, 0.3) is 0 Å². The van der Waals surface area contributed by atoms with E-state index in [0.717, 1.165) is 26.1 Å². The molecule has 0 aliphatic heterocycles. The summed E-state index contributed by atoms with van der Waals surface area (Å²) in [5, 5.41) is 0. The smallest absolute Gasteiger partial charge is 1.00 e. The van der Waals surface area contributed by atoms with Crippen LogP contribution in [-0.4, -0.2) is 43.1 Å². The molecule has 0 amide bonds. The predicted molar refractivity (Wildman–Crippen MR) is 84.6 cm³/mol. The van der Waals surface area contributed by atoms with Gasteiger partial charge in [-0.1, -0.05) is 64.5 Å². The minimum Gasteiger partial charge on any atom is -1.00 e. The Balaban J connectivity index is -0.000000482. The number of hydrogen-bond acceptors (Lipinski definition) is 2. The van der Waals surface area contributed by atoms with E-state index < -0.39 is 0 Å². The Labute approximate surface area is 182 Å². The molecule has 0 aliphatic carbocycles. The maximum absolute atomic E-state index is 5.42. The molecular formula is C16H32I2MgO2. The minimum absolute atomic E-state index is 0. The summed E-state index contributed by atoms with van der Waals surface area (Å²) in [7, 11) is 0. The second-order valence-corrected chi connectivity index (χ2v) is 4.72. The molecule has 5 heteroatoms. The number of ether oxygens (including phenoxy) is 2. The third-order valence-electron chi connectivity index (χ3n) is 2.89. The van der Waals surface area contributed by atoms with Gasteiger partial charge in [-0.3, -0.25) is 0 Å². The van der Waals surface area contributed by atoms with E-state index in [0.29, 0.717) is 6.79 Å². The fraction of sp³-hybridized carbons (Fsp3) is 0.875. The minimum atomic E-state index is 0. The van der Waals surface area contributed by atoms with Crippen molar-refractivity contribution in [3.8, 4) is 0 Å². The van der Waals surface area contributed by atoms with Crippen molar-refractivity contribution in [1.29, 1.82) is 0 Å². The normalized spacial score (nSPS) is 9.81. The monoisotopic (exact) mass is 534 g/mol. The fourth-order valence-corrected chi connectivity index (χ4v) is 1.77. The van der Waals surface area contributed by atoms with Gasteiger partial charge in [0.2, 0.25) is 0 Å². The van der Waals surface area contributed by atoms with Crippen molar-refractivity contribution < 1.29 is 57.4 Å². The standard InChI is InChI=1S/C16H32O2.2HI.Mg/c1-3-5-7-9-10-11-13-15-18-16-17-14-12-8-6-4-2;;;/h6,8H,3-5,7,9-16H2,1-2H3;2*1H;/q;;;+2/p-2/b8-6-;;;. The predicted octanol–water partition coefficient (Wildman–Crippen LogP) is -1.29. The molecule has 0 unspecified atom stereocenters. The summed E-state index contributed by atoms with van der Waals surface area (Å²) in [4.78, 5) is 0. The first-order chi connectivity index (χ1) is 8.91. The molecule has 0 radical (unpaired) electrons. The van der Waals surface area contributed by atoms with E-state index in [-0.39, 0.29) is 71.0 Å². The molecule has 0 saturated heterocycles. The first kappa shape index (κ1) is 30.7. The van der Waals surface area contributed by atoms with E-state index in [9.17, 15) is 0 Å². The Bertz CT molecular complexity index is 182. The summed E-state index contributed by atoms with van der Waals surface area (Å²) in [6.45, 7) is 6.47. The van der Waals surface area contributed by atoms with Crippen molar-refractivity contribution >= 4 is 23.1 Å². The summed E-state index contributed by atoms with van der Waals surface area (Å²) in [6.07, 6.45) is 15.7. The van der Waals surface area contributed by atoms with E-state index in [1.807, 2.05) is 0 Å². The molecule has 0 atom stereocenters. The van der Waals surface area contributed by atoms with Gasteiger partial charge in [0, 0.05) is 6.61 Å². The van der Waals surface area contributed by atoms with Gasteiger partial charge in [0.1, 0.15) is 6.79 Å². The second-order valence-electron chi connectivity index (χ2n) is 4.72. The van der Waals surface area contributed by atoms with Crippen molar-refractivity contribution in [2.24, 2.45) is 0 Å². The Hall–Kier alpha value is 1.89. The van der Waals surface area contributed by atoms with Crippen LogP contribution < -0.4 is 48.0 Å². The van der Waals surface area contributed by atoms with Gasteiger partial charge in [0.25, 0.3) is 0 Å². The molecule has 21 heavy (non-hydrogen) atoms.